The van der Waals surface area contributed by atoms with Crippen molar-refractivity contribution >= 4 is 11.6 Å². The molecular formula is C13H18N2O2. The van der Waals surface area contributed by atoms with Crippen molar-refractivity contribution < 1.29 is 9.90 Å². The monoisotopic (exact) mass is 234 g/mol. The Labute approximate surface area is 101 Å². The van der Waals surface area contributed by atoms with E-state index in [1.54, 1.807) is 4.90 Å². The van der Waals surface area contributed by atoms with Gasteiger partial charge in [-0.15, -0.1) is 0 Å². The van der Waals surface area contributed by atoms with E-state index in [-0.39, 0.29) is 18.6 Å². The maximum absolute atomic E-state index is 12.2. The molecule has 4 nitrogen and oxygen atoms in total. The van der Waals surface area contributed by atoms with Gasteiger partial charge in [-0.1, -0.05) is 25.1 Å². The number of benzene rings is 1. The minimum Gasteiger partial charge on any atom is -0.396 e. The Bertz CT molecular complexity index is 406. The fourth-order valence-electron chi connectivity index (χ4n) is 2.25. The summed E-state index contributed by atoms with van der Waals surface area (Å²) in [5, 5.41) is 12.1. The number of hydrogen-bond acceptors (Lipinski definition) is 3. The highest BCUT2D eigenvalue weighted by Gasteiger charge is 2.35. The Hall–Kier alpha value is -1.39. The molecule has 2 N–H and O–H groups in total. The van der Waals surface area contributed by atoms with Crippen LogP contribution in [0.4, 0.5) is 5.69 Å². The second kappa shape index (κ2) is 5.29. The first-order valence-electron chi connectivity index (χ1n) is 6.04. The molecule has 4 heteroatoms. The number of aliphatic hydroxyl groups excluding tert-OH is 1. The predicted octanol–water partition coefficient (Wildman–Crippen LogP) is 1.07. The molecule has 1 unspecified atom stereocenters. The van der Waals surface area contributed by atoms with Gasteiger partial charge < -0.3 is 15.3 Å². The van der Waals surface area contributed by atoms with Crippen LogP contribution in [0.3, 0.4) is 0 Å². The molecule has 0 fully saturated rings. The minimum atomic E-state index is -0.227. The quantitative estimate of drug-likeness (QED) is 0.801. The van der Waals surface area contributed by atoms with Crippen molar-refractivity contribution in [2.75, 3.05) is 24.6 Å². The number of amides is 1. The predicted molar refractivity (Wildman–Crippen MR) is 66.9 cm³/mol. The SMILES string of the molecule is CCNC1C(=O)N(CCCO)c2ccccc21. The number of aliphatic hydroxyl groups is 1. The molecule has 1 heterocycles. The van der Waals surface area contributed by atoms with Gasteiger partial charge in [0.1, 0.15) is 6.04 Å². The van der Waals surface area contributed by atoms with E-state index in [4.69, 9.17) is 5.11 Å². The second-order valence-electron chi connectivity index (χ2n) is 4.12. The van der Waals surface area contributed by atoms with Crippen LogP contribution in [0.15, 0.2) is 24.3 Å². The number of likely N-dealkylation sites (N-methyl/N-ethyl adjacent to an activating group) is 1. The summed E-state index contributed by atoms with van der Waals surface area (Å²) in [4.78, 5) is 14.0. The Morgan fingerprint density at radius 1 is 1.41 bits per heavy atom. The van der Waals surface area contributed by atoms with Crippen molar-refractivity contribution in [3.63, 3.8) is 0 Å². The normalized spacial score (nSPS) is 18.6. The molecular weight excluding hydrogens is 216 g/mol. The van der Waals surface area contributed by atoms with Crippen LogP contribution in [0.25, 0.3) is 0 Å². The number of hydrogen-bond donors (Lipinski definition) is 2. The molecule has 0 bridgehead atoms. The highest BCUT2D eigenvalue weighted by Crippen LogP contribution is 2.35. The van der Waals surface area contributed by atoms with Crippen molar-refractivity contribution in [2.24, 2.45) is 0 Å². The molecule has 17 heavy (non-hydrogen) atoms. The zero-order chi connectivity index (χ0) is 12.3. The smallest absolute Gasteiger partial charge is 0.248 e. The van der Waals surface area contributed by atoms with Crippen LogP contribution in [0, 0.1) is 0 Å². The Balaban J connectivity index is 2.28. The topological polar surface area (TPSA) is 52.6 Å². The number of nitrogens with one attached hydrogen (secondary N) is 1. The average molecular weight is 234 g/mol. The zero-order valence-electron chi connectivity index (χ0n) is 10.0. The third-order valence-electron chi connectivity index (χ3n) is 3.00. The summed E-state index contributed by atoms with van der Waals surface area (Å²) >= 11 is 0. The van der Waals surface area contributed by atoms with E-state index in [1.165, 1.54) is 0 Å². The minimum absolute atomic E-state index is 0.0847. The number of carbonyl (C=O) groups excluding carboxylic acids is 1. The van der Waals surface area contributed by atoms with Gasteiger partial charge in [0.05, 0.1) is 0 Å². The molecule has 0 saturated carbocycles. The molecule has 0 aliphatic carbocycles. The summed E-state index contributed by atoms with van der Waals surface area (Å²) in [7, 11) is 0. The molecule has 1 aromatic rings. The fourth-order valence-corrected chi connectivity index (χ4v) is 2.25. The molecule has 0 aromatic heterocycles. The maximum atomic E-state index is 12.2. The molecule has 1 aromatic carbocycles. The lowest BCUT2D eigenvalue weighted by Crippen LogP contribution is -2.35. The first kappa shape index (κ1) is 12.1. The van der Waals surface area contributed by atoms with E-state index in [1.807, 2.05) is 31.2 Å². The lowest BCUT2D eigenvalue weighted by Gasteiger charge is -2.17. The Morgan fingerprint density at radius 2 is 2.18 bits per heavy atom. The Kier molecular flexibility index (Phi) is 3.76. The largest absolute Gasteiger partial charge is 0.396 e. The number of carbonyl (C=O) groups is 1. The Morgan fingerprint density at radius 3 is 2.88 bits per heavy atom. The summed E-state index contributed by atoms with van der Waals surface area (Å²) in [6, 6.07) is 7.61. The summed E-state index contributed by atoms with van der Waals surface area (Å²) in [5.41, 5.74) is 2.01. The van der Waals surface area contributed by atoms with Gasteiger partial charge in [-0.2, -0.15) is 0 Å². The van der Waals surface area contributed by atoms with Crippen molar-refractivity contribution in [1.29, 1.82) is 0 Å². The fraction of sp³-hybridized carbons (Fsp3) is 0.462. The second-order valence-corrected chi connectivity index (χ2v) is 4.12. The molecule has 0 spiro atoms. The van der Waals surface area contributed by atoms with Crippen LogP contribution in [0.2, 0.25) is 0 Å². The summed E-state index contributed by atoms with van der Waals surface area (Å²) in [6.45, 7) is 3.44. The summed E-state index contributed by atoms with van der Waals surface area (Å²) in [5.74, 6) is 0.0847. The molecule has 1 aliphatic rings. The van der Waals surface area contributed by atoms with Crippen LogP contribution in [-0.2, 0) is 4.79 Å². The van der Waals surface area contributed by atoms with E-state index < -0.39 is 0 Å². The molecule has 1 amide bonds. The number of para-hydroxylation sites is 1. The first-order valence-corrected chi connectivity index (χ1v) is 6.04. The average Bonchev–Trinajstić information content (AvgIpc) is 2.61. The van der Waals surface area contributed by atoms with Crippen molar-refractivity contribution in [1.82, 2.24) is 5.32 Å². The number of rotatable bonds is 5. The molecule has 92 valence electrons. The van der Waals surface area contributed by atoms with Gasteiger partial charge in [0, 0.05) is 24.4 Å². The maximum Gasteiger partial charge on any atom is 0.248 e. The van der Waals surface area contributed by atoms with Gasteiger partial charge in [0.25, 0.3) is 0 Å². The van der Waals surface area contributed by atoms with Crippen LogP contribution in [0.1, 0.15) is 24.9 Å². The lowest BCUT2D eigenvalue weighted by molar-refractivity contribution is -0.120. The number of fused-ring (bicyclic) bond motifs is 1. The lowest BCUT2D eigenvalue weighted by atomic mass is 10.1. The highest BCUT2D eigenvalue weighted by molar-refractivity contribution is 6.04. The standard InChI is InChI=1S/C13H18N2O2/c1-2-14-12-10-6-3-4-7-11(10)15(13(12)17)8-5-9-16/h3-4,6-7,12,14,16H,2,5,8-9H2,1H3. The van der Waals surface area contributed by atoms with E-state index in [0.717, 1.165) is 17.8 Å². The molecule has 2 rings (SSSR count). The van der Waals surface area contributed by atoms with Gasteiger partial charge in [-0.25, -0.2) is 0 Å². The van der Waals surface area contributed by atoms with Gasteiger partial charge in [-0.05, 0) is 19.0 Å². The van der Waals surface area contributed by atoms with E-state index in [0.29, 0.717) is 13.0 Å². The summed E-state index contributed by atoms with van der Waals surface area (Å²) < 4.78 is 0. The zero-order valence-corrected chi connectivity index (χ0v) is 10.0. The van der Waals surface area contributed by atoms with Crippen molar-refractivity contribution in [3.05, 3.63) is 29.8 Å². The molecule has 0 radical (unpaired) electrons. The van der Waals surface area contributed by atoms with E-state index in [9.17, 15) is 4.79 Å². The van der Waals surface area contributed by atoms with Gasteiger partial charge in [0.15, 0.2) is 0 Å². The summed E-state index contributed by atoms with van der Waals surface area (Å²) in [6.07, 6.45) is 0.610. The van der Waals surface area contributed by atoms with E-state index >= 15 is 0 Å². The van der Waals surface area contributed by atoms with Crippen molar-refractivity contribution in [3.8, 4) is 0 Å². The van der Waals surface area contributed by atoms with Crippen molar-refractivity contribution in [2.45, 2.75) is 19.4 Å². The highest BCUT2D eigenvalue weighted by atomic mass is 16.3. The number of nitrogens with zero attached hydrogens (tertiary/aromatic N) is 1. The van der Waals surface area contributed by atoms with Crippen LogP contribution in [0.5, 0.6) is 0 Å². The number of anilines is 1. The third kappa shape index (κ3) is 2.18. The van der Waals surface area contributed by atoms with Gasteiger partial charge >= 0.3 is 0 Å². The van der Waals surface area contributed by atoms with Crippen LogP contribution in [-0.4, -0.2) is 30.7 Å². The van der Waals surface area contributed by atoms with Crippen LogP contribution >= 0.6 is 0 Å². The first-order chi connectivity index (χ1) is 8.29. The van der Waals surface area contributed by atoms with E-state index in [2.05, 4.69) is 5.32 Å². The molecule has 0 saturated heterocycles. The van der Waals surface area contributed by atoms with Crippen LogP contribution < -0.4 is 10.2 Å². The van der Waals surface area contributed by atoms with Gasteiger partial charge in [-0.3, -0.25) is 4.79 Å². The van der Waals surface area contributed by atoms with Gasteiger partial charge in [0.2, 0.25) is 5.91 Å². The molecule has 1 atom stereocenters. The third-order valence-corrected chi connectivity index (χ3v) is 3.00. The molecule has 1 aliphatic heterocycles.